The number of hydrogen-bond acceptors (Lipinski definition) is 6. The van der Waals surface area contributed by atoms with Crippen LogP contribution >= 0.6 is 0 Å². The summed E-state index contributed by atoms with van der Waals surface area (Å²) in [6.07, 6.45) is -0.276. The molecule has 1 aliphatic heterocycles. The van der Waals surface area contributed by atoms with Crippen LogP contribution in [-0.2, 0) is 30.8 Å². The number of nitrogens with zero attached hydrogens (tertiary/aromatic N) is 1. The number of ether oxygens (including phenoxy) is 2. The van der Waals surface area contributed by atoms with E-state index in [0.717, 1.165) is 5.56 Å². The van der Waals surface area contributed by atoms with Crippen LogP contribution in [0, 0.1) is 0 Å². The Morgan fingerprint density at radius 2 is 1.78 bits per heavy atom. The van der Waals surface area contributed by atoms with Crippen LogP contribution in [0.3, 0.4) is 0 Å². The second kappa shape index (κ2) is 9.30. The Bertz CT molecular complexity index is 1090. The minimum absolute atomic E-state index is 0.0676. The number of aryl methyl sites for hydroxylation is 1. The van der Waals surface area contributed by atoms with Crippen molar-refractivity contribution >= 4 is 27.6 Å². The average Bonchev–Trinajstić information content (AvgIpc) is 2.74. The van der Waals surface area contributed by atoms with E-state index in [1.54, 1.807) is 57.2 Å². The lowest BCUT2D eigenvalue weighted by atomic mass is 10.1. The molecule has 0 aliphatic carbocycles. The molecule has 1 atom stereocenters. The number of carbonyl (C=O) groups is 2. The smallest absolute Gasteiger partial charge is 0.348 e. The molecule has 0 fully saturated rings. The number of esters is 1. The van der Waals surface area contributed by atoms with Gasteiger partial charge in [0.15, 0.2) is 0 Å². The fourth-order valence-electron chi connectivity index (χ4n) is 3.41. The van der Waals surface area contributed by atoms with Crippen LogP contribution in [0.25, 0.3) is 0 Å². The standard InChI is InChI=1S/C23H28N2O6S/c1-23(2,3)24-32(28,29)17-12-9-16(10-13-17)11-14-21(26)25-15-20(22(27)30-4)31-19-8-6-5-7-18(19)25/h5-10,12-13,20,24H,11,14-15H2,1-4H3. The van der Waals surface area contributed by atoms with Gasteiger partial charge in [-0.05, 0) is 57.0 Å². The van der Waals surface area contributed by atoms with Crippen LogP contribution in [0.15, 0.2) is 53.4 Å². The Morgan fingerprint density at radius 3 is 2.41 bits per heavy atom. The predicted octanol–water partition coefficient (Wildman–Crippen LogP) is 2.66. The van der Waals surface area contributed by atoms with E-state index in [4.69, 9.17) is 9.47 Å². The molecule has 0 aromatic heterocycles. The third-order valence-corrected chi connectivity index (χ3v) is 6.61. The first-order valence-electron chi connectivity index (χ1n) is 10.3. The topological polar surface area (TPSA) is 102 Å². The lowest BCUT2D eigenvalue weighted by Crippen LogP contribution is -2.47. The molecule has 3 rings (SSSR count). The number of para-hydroxylation sites is 2. The monoisotopic (exact) mass is 460 g/mol. The summed E-state index contributed by atoms with van der Waals surface area (Å²) in [4.78, 5) is 26.7. The van der Waals surface area contributed by atoms with Gasteiger partial charge in [-0.25, -0.2) is 17.9 Å². The summed E-state index contributed by atoms with van der Waals surface area (Å²) >= 11 is 0. The number of rotatable bonds is 6. The molecule has 8 nitrogen and oxygen atoms in total. The third kappa shape index (κ3) is 5.66. The molecular weight excluding hydrogens is 432 g/mol. The van der Waals surface area contributed by atoms with Crippen molar-refractivity contribution < 1.29 is 27.5 Å². The normalized spacial score (nSPS) is 16.1. The number of fused-ring (bicyclic) bond motifs is 1. The Balaban J connectivity index is 1.69. The Labute approximate surface area is 188 Å². The van der Waals surface area contributed by atoms with E-state index in [1.807, 2.05) is 0 Å². The van der Waals surface area contributed by atoms with E-state index < -0.39 is 27.6 Å². The highest BCUT2D eigenvalue weighted by atomic mass is 32.2. The van der Waals surface area contributed by atoms with E-state index in [1.165, 1.54) is 24.1 Å². The molecule has 0 bridgehead atoms. The zero-order valence-electron chi connectivity index (χ0n) is 18.6. The first-order valence-corrected chi connectivity index (χ1v) is 11.8. The summed E-state index contributed by atoms with van der Waals surface area (Å²) in [5, 5.41) is 0. The Morgan fingerprint density at radius 1 is 1.12 bits per heavy atom. The molecular formula is C23H28N2O6S. The SMILES string of the molecule is COC(=O)C1CN(C(=O)CCc2ccc(S(=O)(=O)NC(C)(C)C)cc2)c2ccccc2O1. The van der Waals surface area contributed by atoms with Crippen molar-refractivity contribution in [3.05, 3.63) is 54.1 Å². The van der Waals surface area contributed by atoms with Gasteiger partial charge in [0.2, 0.25) is 22.0 Å². The fraction of sp³-hybridized carbons (Fsp3) is 0.391. The summed E-state index contributed by atoms with van der Waals surface area (Å²) < 4.78 is 37.9. The first kappa shape index (κ1) is 23.7. The highest BCUT2D eigenvalue weighted by Gasteiger charge is 2.34. The lowest BCUT2D eigenvalue weighted by molar-refractivity contribution is -0.148. The van der Waals surface area contributed by atoms with Gasteiger partial charge in [-0.15, -0.1) is 0 Å². The maximum absolute atomic E-state index is 13.0. The minimum Gasteiger partial charge on any atom is -0.475 e. The number of hydrogen-bond donors (Lipinski definition) is 1. The second-order valence-electron chi connectivity index (χ2n) is 8.60. The predicted molar refractivity (Wildman–Crippen MR) is 120 cm³/mol. The zero-order valence-corrected chi connectivity index (χ0v) is 19.4. The number of sulfonamides is 1. The van der Waals surface area contributed by atoms with Crippen molar-refractivity contribution in [3.8, 4) is 5.75 Å². The van der Waals surface area contributed by atoms with Gasteiger partial charge in [0.25, 0.3) is 0 Å². The van der Waals surface area contributed by atoms with Crippen molar-refractivity contribution in [3.63, 3.8) is 0 Å². The molecule has 0 spiro atoms. The molecule has 2 aromatic rings. The van der Waals surface area contributed by atoms with E-state index in [0.29, 0.717) is 17.9 Å². The minimum atomic E-state index is -3.62. The Hall–Kier alpha value is -2.91. The largest absolute Gasteiger partial charge is 0.475 e. The molecule has 0 saturated heterocycles. The molecule has 9 heteroatoms. The van der Waals surface area contributed by atoms with Gasteiger partial charge in [0.1, 0.15) is 5.75 Å². The molecule has 0 radical (unpaired) electrons. The quantitative estimate of drug-likeness (QED) is 0.665. The van der Waals surface area contributed by atoms with Gasteiger partial charge >= 0.3 is 5.97 Å². The number of carbonyl (C=O) groups excluding carboxylic acids is 2. The molecule has 1 amide bonds. The van der Waals surface area contributed by atoms with Gasteiger partial charge in [0.05, 0.1) is 24.2 Å². The number of benzene rings is 2. The zero-order chi connectivity index (χ0) is 23.5. The van der Waals surface area contributed by atoms with Crippen molar-refractivity contribution in [2.24, 2.45) is 0 Å². The van der Waals surface area contributed by atoms with Crippen LogP contribution in [0.4, 0.5) is 5.69 Å². The fourth-order valence-corrected chi connectivity index (χ4v) is 4.83. The van der Waals surface area contributed by atoms with Gasteiger partial charge in [0, 0.05) is 12.0 Å². The van der Waals surface area contributed by atoms with Crippen molar-refractivity contribution in [1.82, 2.24) is 4.72 Å². The van der Waals surface area contributed by atoms with Crippen molar-refractivity contribution in [2.75, 3.05) is 18.6 Å². The maximum Gasteiger partial charge on any atom is 0.348 e. The first-order chi connectivity index (χ1) is 15.0. The van der Waals surface area contributed by atoms with Gasteiger partial charge in [-0.3, -0.25) is 4.79 Å². The molecule has 2 aromatic carbocycles. The number of nitrogens with one attached hydrogen (secondary N) is 1. The lowest BCUT2D eigenvalue weighted by Gasteiger charge is -2.33. The summed E-state index contributed by atoms with van der Waals surface area (Å²) in [6, 6.07) is 13.5. The van der Waals surface area contributed by atoms with Gasteiger partial charge in [-0.1, -0.05) is 24.3 Å². The molecule has 172 valence electrons. The van der Waals surface area contributed by atoms with Crippen LogP contribution in [0.5, 0.6) is 5.75 Å². The molecule has 1 N–H and O–H groups in total. The molecule has 1 aliphatic rings. The third-order valence-electron chi connectivity index (χ3n) is 4.84. The van der Waals surface area contributed by atoms with E-state index in [2.05, 4.69) is 4.72 Å². The van der Waals surface area contributed by atoms with Crippen LogP contribution in [0.2, 0.25) is 0 Å². The molecule has 1 unspecified atom stereocenters. The van der Waals surface area contributed by atoms with E-state index in [-0.39, 0.29) is 23.8 Å². The molecule has 32 heavy (non-hydrogen) atoms. The van der Waals surface area contributed by atoms with Gasteiger partial charge in [-0.2, -0.15) is 0 Å². The van der Waals surface area contributed by atoms with E-state index >= 15 is 0 Å². The molecule has 0 saturated carbocycles. The summed E-state index contributed by atoms with van der Waals surface area (Å²) in [5.41, 5.74) is 0.854. The van der Waals surface area contributed by atoms with Crippen LogP contribution in [-0.4, -0.2) is 45.6 Å². The summed E-state index contributed by atoms with van der Waals surface area (Å²) in [6.45, 7) is 5.40. The second-order valence-corrected chi connectivity index (χ2v) is 10.3. The number of amides is 1. The number of anilines is 1. The maximum atomic E-state index is 13.0. The average molecular weight is 461 g/mol. The number of methoxy groups -OCH3 is 1. The van der Waals surface area contributed by atoms with E-state index in [9.17, 15) is 18.0 Å². The highest BCUT2D eigenvalue weighted by molar-refractivity contribution is 7.89. The summed E-state index contributed by atoms with van der Waals surface area (Å²) in [7, 11) is -2.34. The molecule has 1 heterocycles. The Kier molecular flexibility index (Phi) is 6.90. The van der Waals surface area contributed by atoms with Crippen LogP contribution in [0.1, 0.15) is 32.8 Å². The van der Waals surface area contributed by atoms with Crippen molar-refractivity contribution in [1.29, 1.82) is 0 Å². The van der Waals surface area contributed by atoms with Crippen LogP contribution < -0.4 is 14.4 Å². The highest BCUT2D eigenvalue weighted by Crippen LogP contribution is 2.34. The summed E-state index contributed by atoms with van der Waals surface area (Å²) in [5.74, 6) is -0.262. The van der Waals surface area contributed by atoms with Crippen molar-refractivity contribution in [2.45, 2.75) is 50.2 Å². The van der Waals surface area contributed by atoms with Gasteiger partial charge < -0.3 is 14.4 Å².